The topological polar surface area (TPSA) is 42.5 Å². The second-order valence-electron chi connectivity index (χ2n) is 4.97. The third kappa shape index (κ3) is 4.19. The molecule has 0 fully saturated rings. The predicted octanol–water partition coefficient (Wildman–Crippen LogP) is 3.89. The van der Waals surface area contributed by atoms with Gasteiger partial charge in [0.15, 0.2) is 16.6 Å². The zero-order valence-corrected chi connectivity index (χ0v) is 14.4. The third-order valence-electron chi connectivity index (χ3n) is 3.33. The quantitative estimate of drug-likeness (QED) is 0.801. The molecule has 0 amide bonds. The molecule has 0 radical (unpaired) electrons. The van der Waals surface area contributed by atoms with Gasteiger partial charge in [0.2, 0.25) is 6.79 Å². The van der Waals surface area contributed by atoms with Crippen molar-refractivity contribution in [1.29, 1.82) is 0 Å². The molecule has 23 heavy (non-hydrogen) atoms. The molecular weight excluding hydrogens is 355 g/mol. The number of ether oxygens (including phenoxy) is 2. The SMILES string of the molecule is S=C(NCc1ccc(Cl)c(Cl)c1)NCc1ccc2c(c1)OCO2. The lowest BCUT2D eigenvalue weighted by atomic mass is 10.2. The first kappa shape index (κ1) is 16.2. The monoisotopic (exact) mass is 368 g/mol. The van der Waals surface area contributed by atoms with E-state index in [0.717, 1.165) is 22.6 Å². The van der Waals surface area contributed by atoms with Gasteiger partial charge in [-0.25, -0.2) is 0 Å². The maximum atomic E-state index is 5.99. The Morgan fingerprint density at radius 2 is 1.57 bits per heavy atom. The van der Waals surface area contributed by atoms with E-state index >= 15 is 0 Å². The van der Waals surface area contributed by atoms with Crippen LogP contribution in [0.4, 0.5) is 0 Å². The molecule has 7 heteroatoms. The van der Waals surface area contributed by atoms with E-state index in [2.05, 4.69) is 10.6 Å². The zero-order chi connectivity index (χ0) is 16.2. The van der Waals surface area contributed by atoms with Gasteiger partial charge in [0.05, 0.1) is 10.0 Å². The molecular formula is C16H14Cl2N2O2S. The van der Waals surface area contributed by atoms with E-state index in [4.69, 9.17) is 44.9 Å². The Kier molecular flexibility index (Phi) is 5.10. The average molecular weight is 369 g/mol. The summed E-state index contributed by atoms with van der Waals surface area (Å²) in [4.78, 5) is 0. The van der Waals surface area contributed by atoms with E-state index in [1.165, 1.54) is 0 Å². The first-order valence-electron chi connectivity index (χ1n) is 6.96. The summed E-state index contributed by atoms with van der Waals surface area (Å²) in [7, 11) is 0. The zero-order valence-electron chi connectivity index (χ0n) is 12.1. The van der Waals surface area contributed by atoms with Crippen LogP contribution in [-0.2, 0) is 13.1 Å². The van der Waals surface area contributed by atoms with Crippen molar-refractivity contribution in [2.24, 2.45) is 0 Å². The molecule has 2 N–H and O–H groups in total. The first-order valence-corrected chi connectivity index (χ1v) is 8.12. The summed E-state index contributed by atoms with van der Waals surface area (Å²) in [6.07, 6.45) is 0. The Bertz CT molecular complexity index is 740. The number of nitrogens with one attached hydrogen (secondary N) is 2. The molecule has 2 aromatic rings. The highest BCUT2D eigenvalue weighted by Crippen LogP contribution is 2.32. The highest BCUT2D eigenvalue weighted by molar-refractivity contribution is 7.80. The van der Waals surface area contributed by atoms with Crippen molar-refractivity contribution in [1.82, 2.24) is 10.6 Å². The normalized spacial score (nSPS) is 12.1. The number of halogens is 2. The number of rotatable bonds is 4. The molecule has 0 aliphatic carbocycles. The standard InChI is InChI=1S/C16H14Cl2N2O2S/c17-12-3-1-10(5-13(12)18)7-19-16(23)20-8-11-2-4-14-15(6-11)22-9-21-14/h1-6H,7-9H2,(H2,19,20,23). The van der Waals surface area contributed by atoms with E-state index in [-0.39, 0.29) is 6.79 Å². The fourth-order valence-corrected chi connectivity index (χ4v) is 2.59. The maximum Gasteiger partial charge on any atom is 0.231 e. The van der Waals surface area contributed by atoms with Crippen LogP contribution < -0.4 is 20.1 Å². The highest BCUT2D eigenvalue weighted by Gasteiger charge is 2.13. The second kappa shape index (κ2) is 7.25. The van der Waals surface area contributed by atoms with Crippen molar-refractivity contribution >= 4 is 40.5 Å². The summed E-state index contributed by atoms with van der Waals surface area (Å²) in [5.74, 6) is 1.54. The Balaban J connectivity index is 1.48. The summed E-state index contributed by atoms with van der Waals surface area (Å²) in [6, 6.07) is 11.3. The molecule has 1 heterocycles. The van der Waals surface area contributed by atoms with Crippen LogP contribution in [0.3, 0.4) is 0 Å². The largest absolute Gasteiger partial charge is 0.454 e. The molecule has 0 atom stereocenters. The molecule has 0 saturated carbocycles. The van der Waals surface area contributed by atoms with E-state index in [1.807, 2.05) is 30.3 Å². The van der Waals surface area contributed by atoms with Crippen molar-refractivity contribution < 1.29 is 9.47 Å². The lowest BCUT2D eigenvalue weighted by Crippen LogP contribution is -2.34. The van der Waals surface area contributed by atoms with Gasteiger partial charge in [-0.3, -0.25) is 0 Å². The molecule has 0 bridgehead atoms. The van der Waals surface area contributed by atoms with Crippen LogP contribution in [-0.4, -0.2) is 11.9 Å². The van der Waals surface area contributed by atoms with Crippen LogP contribution in [0.1, 0.15) is 11.1 Å². The molecule has 3 rings (SSSR count). The van der Waals surface area contributed by atoms with Gasteiger partial charge in [-0.2, -0.15) is 0 Å². The maximum absolute atomic E-state index is 5.99. The number of thiocarbonyl (C=S) groups is 1. The average Bonchev–Trinajstić information content (AvgIpc) is 3.01. The summed E-state index contributed by atoms with van der Waals surface area (Å²) in [6.45, 7) is 1.45. The molecule has 0 saturated heterocycles. The fraction of sp³-hybridized carbons (Fsp3) is 0.188. The van der Waals surface area contributed by atoms with Gasteiger partial charge in [0, 0.05) is 13.1 Å². The van der Waals surface area contributed by atoms with Gasteiger partial charge in [0.25, 0.3) is 0 Å². The fourth-order valence-electron chi connectivity index (χ4n) is 2.13. The van der Waals surface area contributed by atoms with Crippen molar-refractivity contribution in [3.63, 3.8) is 0 Å². The molecule has 4 nitrogen and oxygen atoms in total. The van der Waals surface area contributed by atoms with E-state index < -0.39 is 0 Å². The summed E-state index contributed by atoms with van der Waals surface area (Å²) in [5, 5.41) is 7.92. The Hall–Kier alpha value is -1.69. The van der Waals surface area contributed by atoms with Crippen molar-refractivity contribution in [2.75, 3.05) is 6.79 Å². The first-order chi connectivity index (χ1) is 11.1. The minimum absolute atomic E-state index is 0.274. The van der Waals surface area contributed by atoms with Crippen molar-refractivity contribution in [3.05, 3.63) is 57.6 Å². The smallest absolute Gasteiger partial charge is 0.231 e. The van der Waals surface area contributed by atoms with Crippen molar-refractivity contribution in [2.45, 2.75) is 13.1 Å². The third-order valence-corrected chi connectivity index (χ3v) is 4.35. The Morgan fingerprint density at radius 1 is 0.913 bits per heavy atom. The molecule has 1 aliphatic rings. The lowest BCUT2D eigenvalue weighted by molar-refractivity contribution is 0.174. The second-order valence-corrected chi connectivity index (χ2v) is 6.19. The minimum atomic E-state index is 0.274. The van der Waals surface area contributed by atoms with Crippen LogP contribution in [0, 0.1) is 0 Å². The molecule has 0 unspecified atom stereocenters. The van der Waals surface area contributed by atoms with Gasteiger partial charge in [-0.15, -0.1) is 0 Å². The van der Waals surface area contributed by atoms with Gasteiger partial charge in [-0.05, 0) is 47.6 Å². The van der Waals surface area contributed by atoms with Gasteiger partial charge in [-0.1, -0.05) is 35.3 Å². The van der Waals surface area contributed by atoms with E-state index in [9.17, 15) is 0 Å². The summed E-state index contributed by atoms with van der Waals surface area (Å²) in [5.41, 5.74) is 2.07. The van der Waals surface area contributed by atoms with Crippen LogP contribution in [0.5, 0.6) is 11.5 Å². The van der Waals surface area contributed by atoms with Crippen LogP contribution in [0.15, 0.2) is 36.4 Å². The van der Waals surface area contributed by atoms with Crippen LogP contribution in [0.25, 0.3) is 0 Å². The number of benzene rings is 2. The van der Waals surface area contributed by atoms with Crippen LogP contribution >= 0.6 is 35.4 Å². The van der Waals surface area contributed by atoms with Crippen molar-refractivity contribution in [3.8, 4) is 11.5 Å². The van der Waals surface area contributed by atoms with Gasteiger partial charge < -0.3 is 20.1 Å². The molecule has 0 aromatic heterocycles. The molecule has 2 aromatic carbocycles. The molecule has 120 valence electrons. The Labute approximate surface area is 149 Å². The highest BCUT2D eigenvalue weighted by atomic mass is 35.5. The minimum Gasteiger partial charge on any atom is -0.454 e. The number of hydrogen-bond acceptors (Lipinski definition) is 3. The molecule has 0 spiro atoms. The van der Waals surface area contributed by atoms with Crippen LogP contribution in [0.2, 0.25) is 10.0 Å². The summed E-state index contributed by atoms with van der Waals surface area (Å²) < 4.78 is 10.6. The van der Waals surface area contributed by atoms with E-state index in [0.29, 0.717) is 28.2 Å². The number of fused-ring (bicyclic) bond motifs is 1. The predicted molar refractivity (Wildman–Crippen MR) is 95.3 cm³/mol. The van der Waals surface area contributed by atoms with Gasteiger partial charge >= 0.3 is 0 Å². The number of hydrogen-bond donors (Lipinski definition) is 2. The lowest BCUT2D eigenvalue weighted by Gasteiger charge is -2.11. The Morgan fingerprint density at radius 3 is 2.30 bits per heavy atom. The van der Waals surface area contributed by atoms with Gasteiger partial charge in [0.1, 0.15) is 0 Å². The summed E-state index contributed by atoms with van der Waals surface area (Å²) >= 11 is 17.2. The van der Waals surface area contributed by atoms with E-state index in [1.54, 1.807) is 6.07 Å². The molecule has 1 aliphatic heterocycles.